The van der Waals surface area contributed by atoms with E-state index in [1.807, 2.05) is 0 Å². The van der Waals surface area contributed by atoms with Crippen molar-refractivity contribution in [3.63, 3.8) is 0 Å². The van der Waals surface area contributed by atoms with Crippen molar-refractivity contribution in [2.24, 2.45) is 11.3 Å². The Morgan fingerprint density at radius 1 is 1.27 bits per heavy atom. The van der Waals surface area contributed by atoms with Crippen LogP contribution in [0.4, 0.5) is 0 Å². The standard InChI is InChI=1S/C10H21Cl/c1-9(2)6-5-7-10(3,4)8-11/h9H,5-8H2,1-4H3. The molecule has 0 saturated carbocycles. The molecule has 11 heavy (non-hydrogen) atoms. The summed E-state index contributed by atoms with van der Waals surface area (Å²) in [4.78, 5) is 0. The van der Waals surface area contributed by atoms with Crippen molar-refractivity contribution in [3.8, 4) is 0 Å². The first-order valence-corrected chi connectivity index (χ1v) is 5.07. The summed E-state index contributed by atoms with van der Waals surface area (Å²) in [5.74, 6) is 1.62. The van der Waals surface area contributed by atoms with E-state index in [1.165, 1.54) is 19.3 Å². The zero-order chi connectivity index (χ0) is 8.91. The fraction of sp³-hybridized carbons (Fsp3) is 1.00. The van der Waals surface area contributed by atoms with Crippen LogP contribution in [0.15, 0.2) is 0 Å². The van der Waals surface area contributed by atoms with Crippen LogP contribution in [0.3, 0.4) is 0 Å². The number of alkyl halides is 1. The molecule has 0 amide bonds. The molecule has 0 spiro atoms. The Bertz CT molecular complexity index is 95.0. The van der Waals surface area contributed by atoms with Gasteiger partial charge in [0.05, 0.1) is 0 Å². The minimum atomic E-state index is 0.344. The SMILES string of the molecule is CC(C)CCCC(C)(C)CCl. The lowest BCUT2D eigenvalue weighted by Gasteiger charge is -2.21. The predicted octanol–water partition coefficient (Wildman–Crippen LogP) is 4.08. The lowest BCUT2D eigenvalue weighted by atomic mass is 9.88. The molecule has 0 rings (SSSR count). The van der Waals surface area contributed by atoms with Gasteiger partial charge in [0, 0.05) is 5.88 Å². The molecule has 0 aromatic carbocycles. The Hall–Kier alpha value is 0.290. The second kappa shape index (κ2) is 5.03. The third-order valence-electron chi connectivity index (χ3n) is 2.00. The van der Waals surface area contributed by atoms with Gasteiger partial charge in [-0.3, -0.25) is 0 Å². The maximum Gasteiger partial charge on any atom is 0.0274 e. The lowest BCUT2D eigenvalue weighted by molar-refractivity contribution is 0.352. The molecule has 0 aromatic rings. The Labute approximate surface area is 76.3 Å². The Morgan fingerprint density at radius 3 is 2.18 bits per heavy atom. The molecular weight excluding hydrogens is 156 g/mol. The van der Waals surface area contributed by atoms with Crippen LogP contribution in [-0.4, -0.2) is 5.88 Å². The molecule has 1 heteroatoms. The van der Waals surface area contributed by atoms with Crippen LogP contribution in [0.2, 0.25) is 0 Å². The van der Waals surface area contributed by atoms with Gasteiger partial charge in [0.2, 0.25) is 0 Å². The first-order valence-electron chi connectivity index (χ1n) is 4.54. The highest BCUT2D eigenvalue weighted by Crippen LogP contribution is 2.25. The van der Waals surface area contributed by atoms with Gasteiger partial charge >= 0.3 is 0 Å². The smallest absolute Gasteiger partial charge is 0.0274 e. The van der Waals surface area contributed by atoms with Crippen LogP contribution in [0.5, 0.6) is 0 Å². The van der Waals surface area contributed by atoms with Crippen LogP contribution in [0.1, 0.15) is 47.0 Å². The van der Waals surface area contributed by atoms with Crippen LogP contribution in [0.25, 0.3) is 0 Å². The van der Waals surface area contributed by atoms with Gasteiger partial charge in [-0.2, -0.15) is 0 Å². The van der Waals surface area contributed by atoms with E-state index in [0.717, 1.165) is 11.8 Å². The molecule has 0 fully saturated rings. The first kappa shape index (κ1) is 11.3. The second-order valence-corrected chi connectivity index (χ2v) is 4.85. The normalized spacial score (nSPS) is 12.5. The van der Waals surface area contributed by atoms with E-state index in [0.29, 0.717) is 5.41 Å². The van der Waals surface area contributed by atoms with Crippen LogP contribution < -0.4 is 0 Å². The van der Waals surface area contributed by atoms with E-state index >= 15 is 0 Å². The summed E-state index contributed by atoms with van der Waals surface area (Å²) < 4.78 is 0. The number of hydrogen-bond acceptors (Lipinski definition) is 0. The van der Waals surface area contributed by atoms with E-state index in [-0.39, 0.29) is 0 Å². The highest BCUT2D eigenvalue weighted by atomic mass is 35.5. The maximum atomic E-state index is 5.81. The molecule has 0 aliphatic heterocycles. The molecule has 0 saturated heterocycles. The van der Waals surface area contributed by atoms with Gasteiger partial charge in [-0.15, -0.1) is 11.6 Å². The van der Waals surface area contributed by atoms with E-state index in [1.54, 1.807) is 0 Å². The lowest BCUT2D eigenvalue weighted by Crippen LogP contribution is -2.13. The van der Waals surface area contributed by atoms with Gasteiger partial charge in [0.25, 0.3) is 0 Å². The molecular formula is C10H21Cl. The van der Waals surface area contributed by atoms with Crippen LogP contribution in [-0.2, 0) is 0 Å². The highest BCUT2D eigenvalue weighted by Gasteiger charge is 2.15. The predicted molar refractivity (Wildman–Crippen MR) is 53.2 cm³/mol. The van der Waals surface area contributed by atoms with Crippen molar-refractivity contribution in [2.45, 2.75) is 47.0 Å². The minimum absolute atomic E-state index is 0.344. The van der Waals surface area contributed by atoms with Crippen LogP contribution in [0, 0.1) is 11.3 Å². The fourth-order valence-electron chi connectivity index (χ4n) is 1.06. The van der Waals surface area contributed by atoms with Gasteiger partial charge in [-0.25, -0.2) is 0 Å². The monoisotopic (exact) mass is 176 g/mol. The fourth-order valence-corrected chi connectivity index (χ4v) is 1.19. The number of rotatable bonds is 5. The minimum Gasteiger partial charge on any atom is -0.126 e. The molecule has 0 aliphatic rings. The van der Waals surface area contributed by atoms with E-state index in [9.17, 15) is 0 Å². The molecule has 68 valence electrons. The topological polar surface area (TPSA) is 0 Å². The summed E-state index contributed by atoms with van der Waals surface area (Å²) in [7, 11) is 0. The molecule has 0 aromatic heterocycles. The van der Waals surface area contributed by atoms with Crippen molar-refractivity contribution in [1.29, 1.82) is 0 Å². The summed E-state index contributed by atoms with van der Waals surface area (Å²) in [5.41, 5.74) is 0.344. The summed E-state index contributed by atoms with van der Waals surface area (Å²) in [6.07, 6.45) is 3.91. The average molecular weight is 177 g/mol. The molecule has 0 nitrogen and oxygen atoms in total. The van der Waals surface area contributed by atoms with Crippen molar-refractivity contribution >= 4 is 11.6 Å². The Balaban J connectivity index is 3.38. The molecule has 0 heterocycles. The third kappa shape index (κ3) is 6.68. The maximum absolute atomic E-state index is 5.81. The van der Waals surface area contributed by atoms with E-state index < -0.39 is 0 Å². The average Bonchev–Trinajstić information content (AvgIpc) is 1.87. The molecule has 0 radical (unpaired) electrons. The highest BCUT2D eigenvalue weighted by molar-refractivity contribution is 6.18. The van der Waals surface area contributed by atoms with E-state index in [4.69, 9.17) is 11.6 Å². The zero-order valence-electron chi connectivity index (χ0n) is 8.28. The first-order chi connectivity index (χ1) is 4.98. The van der Waals surface area contributed by atoms with Gasteiger partial charge < -0.3 is 0 Å². The van der Waals surface area contributed by atoms with E-state index in [2.05, 4.69) is 27.7 Å². The van der Waals surface area contributed by atoms with Crippen LogP contribution >= 0.6 is 11.6 Å². The van der Waals surface area contributed by atoms with Crippen molar-refractivity contribution < 1.29 is 0 Å². The molecule has 0 N–H and O–H groups in total. The van der Waals surface area contributed by atoms with Gasteiger partial charge in [-0.05, 0) is 17.8 Å². The molecule has 0 unspecified atom stereocenters. The molecule has 0 bridgehead atoms. The summed E-state index contributed by atoms with van der Waals surface area (Å²) in [5, 5.41) is 0. The Kier molecular flexibility index (Phi) is 5.16. The largest absolute Gasteiger partial charge is 0.126 e. The summed E-state index contributed by atoms with van der Waals surface area (Å²) in [6, 6.07) is 0. The number of halogens is 1. The van der Waals surface area contributed by atoms with Crippen molar-refractivity contribution in [3.05, 3.63) is 0 Å². The number of hydrogen-bond donors (Lipinski definition) is 0. The quantitative estimate of drug-likeness (QED) is 0.554. The van der Waals surface area contributed by atoms with Gasteiger partial charge in [0.15, 0.2) is 0 Å². The second-order valence-electron chi connectivity index (χ2n) is 4.58. The third-order valence-corrected chi connectivity index (χ3v) is 2.72. The molecule has 0 atom stereocenters. The Morgan fingerprint density at radius 2 is 1.82 bits per heavy atom. The van der Waals surface area contributed by atoms with Crippen molar-refractivity contribution in [2.75, 3.05) is 5.88 Å². The summed E-state index contributed by atoms with van der Waals surface area (Å²) >= 11 is 5.81. The van der Waals surface area contributed by atoms with Gasteiger partial charge in [-0.1, -0.05) is 40.5 Å². The van der Waals surface area contributed by atoms with Crippen molar-refractivity contribution in [1.82, 2.24) is 0 Å². The van der Waals surface area contributed by atoms with Gasteiger partial charge in [0.1, 0.15) is 0 Å². The zero-order valence-corrected chi connectivity index (χ0v) is 9.04. The molecule has 0 aliphatic carbocycles. The summed E-state index contributed by atoms with van der Waals surface area (Å²) in [6.45, 7) is 9.02.